The van der Waals surface area contributed by atoms with E-state index in [2.05, 4.69) is 10.1 Å². The van der Waals surface area contributed by atoms with Gasteiger partial charge in [0.15, 0.2) is 0 Å². The Labute approximate surface area is 92.2 Å². The standard InChI is InChI=1S/C10H13N3OS/c1-7-11-9(6-15-7)10(14)5-8-3-4-13(2)12-8/h3-4,6,10,14H,5H2,1-2H3. The second-order valence-electron chi connectivity index (χ2n) is 3.49. The number of hydrogen-bond acceptors (Lipinski definition) is 4. The van der Waals surface area contributed by atoms with Gasteiger partial charge in [0.05, 0.1) is 16.4 Å². The van der Waals surface area contributed by atoms with Crippen LogP contribution in [-0.2, 0) is 13.5 Å². The van der Waals surface area contributed by atoms with E-state index >= 15 is 0 Å². The summed E-state index contributed by atoms with van der Waals surface area (Å²) in [6.07, 6.45) is 1.84. The van der Waals surface area contributed by atoms with Gasteiger partial charge in [-0.15, -0.1) is 11.3 Å². The van der Waals surface area contributed by atoms with Crippen molar-refractivity contribution >= 4 is 11.3 Å². The Bertz CT molecular complexity index is 449. The van der Waals surface area contributed by atoms with Crippen molar-refractivity contribution in [2.45, 2.75) is 19.4 Å². The summed E-state index contributed by atoms with van der Waals surface area (Å²) in [7, 11) is 1.86. The molecule has 0 bridgehead atoms. The van der Waals surface area contributed by atoms with Gasteiger partial charge in [-0.1, -0.05) is 0 Å². The Morgan fingerprint density at radius 3 is 2.93 bits per heavy atom. The molecule has 2 rings (SSSR count). The minimum atomic E-state index is -0.551. The number of thiazole rings is 1. The molecule has 0 spiro atoms. The lowest BCUT2D eigenvalue weighted by molar-refractivity contribution is 0.173. The topological polar surface area (TPSA) is 50.9 Å². The number of nitrogens with zero attached hydrogens (tertiary/aromatic N) is 3. The predicted molar refractivity (Wildman–Crippen MR) is 58.7 cm³/mol. The van der Waals surface area contributed by atoms with Crippen molar-refractivity contribution in [1.29, 1.82) is 0 Å². The molecule has 2 aromatic heterocycles. The lowest BCUT2D eigenvalue weighted by Gasteiger charge is -2.04. The third-order valence-corrected chi connectivity index (χ3v) is 2.94. The molecule has 0 aliphatic heterocycles. The summed E-state index contributed by atoms with van der Waals surface area (Å²) in [6, 6.07) is 1.91. The van der Waals surface area contributed by atoms with E-state index < -0.39 is 6.10 Å². The third-order valence-electron chi connectivity index (χ3n) is 2.15. The normalized spacial score (nSPS) is 13.0. The second kappa shape index (κ2) is 4.12. The minimum Gasteiger partial charge on any atom is -0.386 e. The number of aliphatic hydroxyl groups is 1. The predicted octanol–water partition coefficient (Wildman–Crippen LogP) is 1.46. The van der Waals surface area contributed by atoms with Crippen molar-refractivity contribution in [2.75, 3.05) is 0 Å². The maximum Gasteiger partial charge on any atom is 0.102 e. The van der Waals surface area contributed by atoms with Gasteiger partial charge in [-0.2, -0.15) is 5.10 Å². The number of aryl methyl sites for hydroxylation is 2. The average molecular weight is 223 g/mol. The summed E-state index contributed by atoms with van der Waals surface area (Å²) in [6.45, 7) is 1.93. The van der Waals surface area contributed by atoms with E-state index in [0.29, 0.717) is 6.42 Å². The van der Waals surface area contributed by atoms with E-state index in [1.807, 2.05) is 31.6 Å². The zero-order valence-electron chi connectivity index (χ0n) is 8.71. The van der Waals surface area contributed by atoms with Gasteiger partial charge in [0, 0.05) is 25.0 Å². The summed E-state index contributed by atoms with van der Waals surface area (Å²) in [5.41, 5.74) is 1.62. The molecular weight excluding hydrogens is 210 g/mol. The molecular formula is C10H13N3OS. The van der Waals surface area contributed by atoms with Crippen LogP contribution in [0, 0.1) is 6.92 Å². The molecule has 0 saturated heterocycles. The van der Waals surface area contributed by atoms with Crippen LogP contribution in [0.3, 0.4) is 0 Å². The molecule has 0 amide bonds. The highest BCUT2D eigenvalue weighted by atomic mass is 32.1. The second-order valence-corrected chi connectivity index (χ2v) is 4.55. The first-order valence-corrected chi connectivity index (χ1v) is 5.62. The highest BCUT2D eigenvalue weighted by Crippen LogP contribution is 2.19. The van der Waals surface area contributed by atoms with Gasteiger partial charge in [-0.05, 0) is 13.0 Å². The summed E-state index contributed by atoms with van der Waals surface area (Å²) < 4.78 is 1.73. The van der Waals surface area contributed by atoms with E-state index in [9.17, 15) is 5.11 Å². The SMILES string of the molecule is Cc1nc(C(O)Cc2ccn(C)n2)cs1. The fourth-order valence-corrected chi connectivity index (χ4v) is 2.07. The molecule has 0 aliphatic rings. The molecule has 2 heterocycles. The van der Waals surface area contributed by atoms with Crippen molar-refractivity contribution < 1.29 is 5.11 Å². The number of hydrogen-bond donors (Lipinski definition) is 1. The molecule has 80 valence electrons. The maximum absolute atomic E-state index is 9.89. The highest BCUT2D eigenvalue weighted by Gasteiger charge is 2.12. The van der Waals surface area contributed by atoms with Gasteiger partial charge in [-0.25, -0.2) is 4.98 Å². The van der Waals surface area contributed by atoms with E-state index in [4.69, 9.17) is 0 Å². The monoisotopic (exact) mass is 223 g/mol. The molecule has 15 heavy (non-hydrogen) atoms. The summed E-state index contributed by atoms with van der Waals surface area (Å²) in [5, 5.41) is 17.0. The molecule has 0 saturated carbocycles. The molecule has 2 aromatic rings. The van der Waals surface area contributed by atoms with Crippen LogP contribution in [0.2, 0.25) is 0 Å². The molecule has 1 atom stereocenters. The highest BCUT2D eigenvalue weighted by molar-refractivity contribution is 7.09. The van der Waals surface area contributed by atoms with Gasteiger partial charge in [0.1, 0.15) is 6.10 Å². The molecule has 0 radical (unpaired) electrons. The first-order chi connectivity index (χ1) is 7.15. The van der Waals surface area contributed by atoms with Crippen LogP contribution in [0.1, 0.15) is 22.5 Å². The van der Waals surface area contributed by atoms with Crippen molar-refractivity contribution in [3.05, 3.63) is 34.0 Å². The molecule has 1 unspecified atom stereocenters. The van der Waals surface area contributed by atoms with Gasteiger partial charge >= 0.3 is 0 Å². The molecule has 1 N–H and O–H groups in total. The van der Waals surface area contributed by atoms with E-state index in [1.165, 1.54) is 0 Å². The van der Waals surface area contributed by atoms with Crippen molar-refractivity contribution in [3.8, 4) is 0 Å². The van der Waals surface area contributed by atoms with Gasteiger partial charge in [0.2, 0.25) is 0 Å². The van der Waals surface area contributed by atoms with Crippen LogP contribution in [0.4, 0.5) is 0 Å². The quantitative estimate of drug-likeness (QED) is 0.857. The van der Waals surface area contributed by atoms with Crippen molar-refractivity contribution in [3.63, 3.8) is 0 Å². The Morgan fingerprint density at radius 1 is 1.60 bits per heavy atom. The van der Waals surface area contributed by atoms with E-state index in [1.54, 1.807) is 16.0 Å². The van der Waals surface area contributed by atoms with Crippen LogP contribution in [-0.4, -0.2) is 19.9 Å². The average Bonchev–Trinajstić information content (AvgIpc) is 2.75. The number of aromatic nitrogens is 3. The van der Waals surface area contributed by atoms with Crippen molar-refractivity contribution in [1.82, 2.24) is 14.8 Å². The molecule has 0 aromatic carbocycles. The lowest BCUT2D eigenvalue weighted by atomic mass is 10.1. The third kappa shape index (κ3) is 2.43. The maximum atomic E-state index is 9.89. The van der Waals surface area contributed by atoms with Crippen LogP contribution < -0.4 is 0 Å². The number of aliphatic hydroxyl groups excluding tert-OH is 1. The first kappa shape index (κ1) is 10.3. The molecule has 0 fully saturated rings. The Morgan fingerprint density at radius 2 is 2.40 bits per heavy atom. The van der Waals surface area contributed by atoms with Gasteiger partial charge in [0.25, 0.3) is 0 Å². The minimum absolute atomic E-state index is 0.518. The van der Waals surface area contributed by atoms with Gasteiger partial charge < -0.3 is 5.11 Å². The van der Waals surface area contributed by atoms with Gasteiger partial charge in [-0.3, -0.25) is 4.68 Å². The fraction of sp³-hybridized carbons (Fsp3) is 0.400. The van der Waals surface area contributed by atoms with E-state index in [0.717, 1.165) is 16.4 Å². The van der Waals surface area contributed by atoms with Crippen LogP contribution in [0.25, 0.3) is 0 Å². The molecule has 4 nitrogen and oxygen atoms in total. The fourth-order valence-electron chi connectivity index (χ4n) is 1.41. The largest absolute Gasteiger partial charge is 0.386 e. The van der Waals surface area contributed by atoms with Crippen LogP contribution in [0.5, 0.6) is 0 Å². The summed E-state index contributed by atoms with van der Waals surface area (Å²) in [5.74, 6) is 0. The molecule has 0 aliphatic carbocycles. The summed E-state index contributed by atoms with van der Waals surface area (Å²) >= 11 is 1.55. The van der Waals surface area contributed by atoms with E-state index in [-0.39, 0.29) is 0 Å². The molecule has 5 heteroatoms. The Hall–Kier alpha value is -1.20. The number of rotatable bonds is 3. The van der Waals surface area contributed by atoms with Crippen molar-refractivity contribution in [2.24, 2.45) is 7.05 Å². The summed E-state index contributed by atoms with van der Waals surface area (Å²) in [4.78, 5) is 4.25. The zero-order valence-corrected chi connectivity index (χ0v) is 9.53. The smallest absolute Gasteiger partial charge is 0.102 e. The Kier molecular flexibility index (Phi) is 2.83. The van der Waals surface area contributed by atoms with Crippen LogP contribution >= 0.6 is 11.3 Å². The van der Waals surface area contributed by atoms with Crippen LogP contribution in [0.15, 0.2) is 17.6 Å². The lowest BCUT2D eigenvalue weighted by Crippen LogP contribution is -2.03. The first-order valence-electron chi connectivity index (χ1n) is 4.74. The Balaban J connectivity index is 2.06. The zero-order chi connectivity index (χ0) is 10.8.